The molecule has 1 aliphatic heterocycles. The first-order valence-electron chi connectivity index (χ1n) is 25.1. The van der Waals surface area contributed by atoms with E-state index in [0.29, 0.717) is 11.5 Å². The zero-order valence-electron chi connectivity index (χ0n) is 33.7. The van der Waals surface area contributed by atoms with Crippen molar-refractivity contribution < 1.29 is 0 Å². The molecule has 12 aliphatic rings. The van der Waals surface area contributed by atoms with Crippen LogP contribution in [-0.2, 0) is 0 Å². The molecule has 0 radical (unpaired) electrons. The number of rotatable bonds is 3. The van der Waals surface area contributed by atoms with Crippen LogP contribution in [0.1, 0.15) is 167 Å². The molecule has 0 aromatic carbocycles. The predicted molar refractivity (Wildman–Crippen MR) is 219 cm³/mol. The first kappa shape index (κ1) is 34.2. The Morgan fingerprint density at radius 1 is 0.472 bits per heavy atom. The van der Waals surface area contributed by atoms with Crippen molar-refractivity contribution in [3.8, 4) is 0 Å². The van der Waals surface area contributed by atoms with Crippen molar-refractivity contribution in [2.45, 2.75) is 179 Å². The van der Waals surface area contributed by atoms with Crippen LogP contribution < -0.4 is 5.32 Å². The predicted octanol–water partition coefficient (Wildman–Crippen LogP) is 13.1. The number of hydrogen-bond acceptors (Lipinski definition) is 1. The van der Waals surface area contributed by atoms with Crippen LogP contribution >= 0.6 is 0 Å². The van der Waals surface area contributed by atoms with Gasteiger partial charge in [-0.3, -0.25) is 0 Å². The van der Waals surface area contributed by atoms with E-state index in [9.17, 15) is 0 Å². The molecule has 1 saturated heterocycles. The van der Waals surface area contributed by atoms with Gasteiger partial charge in [-0.05, 0) is 195 Å². The largest absolute Gasteiger partial charge is 0.307 e. The average Bonchev–Trinajstić information content (AvgIpc) is 3.84. The standard InChI is InChI=1S/C52H77N/c1-3-14-32(15-4-1)35-29-48(33-16-5-2-6-17-33)53-49(30-35)34-26-27-46-42(28-34)38-20-9-11-24-44(38)52(46)45-25-12-10-21-40(45)51-41-23-13-22-39-36-18-7-8-19-37(36)43(50(39)41)31-47(51)52/h9,20,26-28,32-33,35-51,53H,1-8,10-19,21-25,29-31H2. The molecule has 11 aliphatic carbocycles. The van der Waals surface area contributed by atoms with E-state index < -0.39 is 0 Å². The summed E-state index contributed by atoms with van der Waals surface area (Å²) in [4.78, 5) is 0. The summed E-state index contributed by atoms with van der Waals surface area (Å²) in [5.41, 5.74) is 2.35. The van der Waals surface area contributed by atoms with Crippen LogP contribution in [-0.4, -0.2) is 12.1 Å². The summed E-state index contributed by atoms with van der Waals surface area (Å²) in [6, 6.07) is 1.38. The Kier molecular flexibility index (Phi) is 8.82. The van der Waals surface area contributed by atoms with E-state index in [2.05, 4.69) is 35.7 Å². The number of allylic oxidation sites excluding steroid dienone is 4. The SMILES string of the molecule is C1=CC2C3C=C(C4CC(C5CCCCC5)CC(C5CCCCC5)N4)C=CC3C3(C2CC1)C1CCCCC1C1C2CCCC4C5CCCCC5C(CC13)C42. The molecule has 1 heterocycles. The Morgan fingerprint density at radius 2 is 1.17 bits per heavy atom. The normalized spacial score (nSPS) is 54.7. The second kappa shape index (κ2) is 13.6. The minimum Gasteiger partial charge on any atom is -0.307 e. The Balaban J connectivity index is 0.913. The fraction of sp³-hybridized carbons (Fsp3) is 0.885. The van der Waals surface area contributed by atoms with E-state index in [1.807, 2.05) is 0 Å². The molecule has 53 heavy (non-hydrogen) atoms. The molecule has 0 amide bonds. The van der Waals surface area contributed by atoms with Crippen molar-refractivity contribution in [3.05, 3.63) is 36.0 Å². The number of piperidine rings is 1. The lowest BCUT2D eigenvalue weighted by Gasteiger charge is -2.55. The van der Waals surface area contributed by atoms with Crippen LogP contribution in [0.15, 0.2) is 36.0 Å². The van der Waals surface area contributed by atoms with Gasteiger partial charge in [-0.15, -0.1) is 0 Å². The summed E-state index contributed by atoms with van der Waals surface area (Å²) >= 11 is 0. The molecule has 0 bridgehead atoms. The van der Waals surface area contributed by atoms with Gasteiger partial charge in [-0.2, -0.15) is 0 Å². The minimum absolute atomic E-state index is 0.592. The highest BCUT2D eigenvalue weighted by atomic mass is 15.0. The summed E-state index contributed by atoms with van der Waals surface area (Å²) in [6.45, 7) is 0. The number of hydrogen-bond donors (Lipinski definition) is 1. The zero-order valence-corrected chi connectivity index (χ0v) is 33.7. The molecule has 1 heteroatoms. The van der Waals surface area contributed by atoms with E-state index >= 15 is 0 Å². The van der Waals surface area contributed by atoms with Gasteiger partial charge in [0.15, 0.2) is 0 Å². The van der Waals surface area contributed by atoms with Gasteiger partial charge >= 0.3 is 0 Å². The van der Waals surface area contributed by atoms with Gasteiger partial charge in [-0.1, -0.05) is 114 Å². The Morgan fingerprint density at radius 3 is 2.00 bits per heavy atom. The van der Waals surface area contributed by atoms with Crippen molar-refractivity contribution >= 4 is 0 Å². The molecule has 1 N–H and O–H groups in total. The third-order valence-electron chi connectivity index (χ3n) is 21.5. The lowest BCUT2D eigenvalue weighted by Crippen LogP contribution is -2.52. The Hall–Kier alpha value is -0.820. The zero-order chi connectivity index (χ0) is 34.7. The van der Waals surface area contributed by atoms with E-state index in [1.165, 1.54) is 89.9 Å². The molecular formula is C52H77N. The third-order valence-corrected chi connectivity index (χ3v) is 21.5. The average molecular weight is 716 g/mol. The van der Waals surface area contributed by atoms with Crippen molar-refractivity contribution in [3.63, 3.8) is 0 Å². The summed E-state index contributed by atoms with van der Waals surface area (Å²) in [5, 5.41) is 4.50. The molecular weight excluding hydrogens is 639 g/mol. The molecule has 10 fully saturated rings. The first-order valence-corrected chi connectivity index (χ1v) is 25.1. The van der Waals surface area contributed by atoms with E-state index in [1.54, 1.807) is 82.6 Å². The molecule has 290 valence electrons. The van der Waals surface area contributed by atoms with E-state index in [4.69, 9.17) is 0 Å². The minimum atomic E-state index is 0.592. The number of nitrogens with one attached hydrogen (secondary N) is 1. The molecule has 0 aromatic rings. The maximum Gasteiger partial charge on any atom is 0.0322 e. The monoisotopic (exact) mass is 716 g/mol. The van der Waals surface area contributed by atoms with Gasteiger partial charge in [0.05, 0.1) is 0 Å². The summed E-state index contributed by atoms with van der Waals surface area (Å²) in [7, 11) is 0. The molecule has 0 aromatic heterocycles. The molecule has 18 unspecified atom stereocenters. The smallest absolute Gasteiger partial charge is 0.0322 e. The van der Waals surface area contributed by atoms with Gasteiger partial charge in [-0.25, -0.2) is 0 Å². The van der Waals surface area contributed by atoms with Gasteiger partial charge in [0.1, 0.15) is 0 Å². The quantitative estimate of drug-likeness (QED) is 0.287. The summed E-state index contributed by atoms with van der Waals surface area (Å²) < 4.78 is 0. The maximum absolute atomic E-state index is 4.50. The van der Waals surface area contributed by atoms with Crippen LogP contribution in [0, 0.1) is 106 Å². The van der Waals surface area contributed by atoms with Crippen molar-refractivity contribution in [1.29, 1.82) is 0 Å². The highest BCUT2D eigenvalue weighted by Gasteiger charge is 2.74. The van der Waals surface area contributed by atoms with Crippen LogP contribution in [0.5, 0.6) is 0 Å². The van der Waals surface area contributed by atoms with Crippen molar-refractivity contribution in [1.82, 2.24) is 5.32 Å². The maximum atomic E-state index is 4.50. The van der Waals surface area contributed by atoms with Crippen LogP contribution in [0.4, 0.5) is 0 Å². The fourth-order valence-electron chi connectivity index (χ4n) is 20.3. The van der Waals surface area contributed by atoms with Crippen molar-refractivity contribution in [2.75, 3.05) is 0 Å². The van der Waals surface area contributed by atoms with Gasteiger partial charge in [0, 0.05) is 12.1 Å². The van der Waals surface area contributed by atoms with Crippen molar-refractivity contribution in [2.24, 2.45) is 106 Å². The summed E-state index contributed by atoms with van der Waals surface area (Å²) in [6.07, 6.45) is 54.4. The van der Waals surface area contributed by atoms with E-state index in [-0.39, 0.29) is 0 Å². The topological polar surface area (TPSA) is 12.0 Å². The summed E-state index contributed by atoms with van der Waals surface area (Å²) in [5.74, 6) is 17.2. The lowest BCUT2D eigenvalue weighted by atomic mass is 9.50. The van der Waals surface area contributed by atoms with Crippen LogP contribution in [0.25, 0.3) is 0 Å². The highest BCUT2D eigenvalue weighted by molar-refractivity contribution is 5.38. The molecule has 12 rings (SSSR count). The van der Waals surface area contributed by atoms with Gasteiger partial charge in [0.25, 0.3) is 0 Å². The van der Waals surface area contributed by atoms with Gasteiger partial charge < -0.3 is 5.32 Å². The molecule has 1 nitrogen and oxygen atoms in total. The fourth-order valence-corrected chi connectivity index (χ4v) is 20.3. The van der Waals surface area contributed by atoms with Crippen LogP contribution in [0.2, 0.25) is 0 Å². The lowest BCUT2D eigenvalue weighted by molar-refractivity contribution is -0.0602. The Bertz CT molecular complexity index is 1410. The Labute approximate surface area is 325 Å². The highest BCUT2D eigenvalue weighted by Crippen LogP contribution is 2.80. The number of fused-ring (bicyclic) bond motifs is 14. The molecule has 9 saturated carbocycles. The molecule has 1 spiro atoms. The van der Waals surface area contributed by atoms with Crippen LogP contribution in [0.3, 0.4) is 0 Å². The van der Waals surface area contributed by atoms with E-state index in [0.717, 1.165) is 107 Å². The second-order valence-electron chi connectivity index (χ2n) is 22.8. The van der Waals surface area contributed by atoms with Gasteiger partial charge in [0.2, 0.25) is 0 Å². The third kappa shape index (κ3) is 5.14. The second-order valence-corrected chi connectivity index (χ2v) is 22.8. The first-order chi connectivity index (χ1) is 26.3. The molecule has 18 atom stereocenters.